The quantitative estimate of drug-likeness (QED) is 0.846. The summed E-state index contributed by atoms with van der Waals surface area (Å²) in [5.41, 5.74) is 1.08. The van der Waals surface area contributed by atoms with Crippen LogP contribution in [0.4, 0.5) is 8.78 Å². The molecule has 0 aliphatic carbocycles. The van der Waals surface area contributed by atoms with Gasteiger partial charge in [0.15, 0.2) is 11.5 Å². The first kappa shape index (κ1) is 18.3. The number of amides is 1. The summed E-state index contributed by atoms with van der Waals surface area (Å²) < 4.78 is 39.6. The van der Waals surface area contributed by atoms with Crippen molar-refractivity contribution in [1.29, 1.82) is 0 Å². The molecule has 1 aliphatic heterocycles. The van der Waals surface area contributed by atoms with Crippen molar-refractivity contribution in [3.05, 3.63) is 52.5 Å². The third-order valence-corrected chi connectivity index (χ3v) is 3.95. The fourth-order valence-corrected chi connectivity index (χ4v) is 2.70. The molecule has 2 aromatic carbocycles. The predicted octanol–water partition coefficient (Wildman–Crippen LogP) is 4.03. The zero-order chi connectivity index (χ0) is 18.5. The Morgan fingerprint density at radius 3 is 2.65 bits per heavy atom. The van der Waals surface area contributed by atoms with E-state index in [2.05, 4.69) is 10.1 Å². The van der Waals surface area contributed by atoms with Gasteiger partial charge in [0, 0.05) is 18.5 Å². The van der Waals surface area contributed by atoms with Gasteiger partial charge >= 0.3 is 6.61 Å². The average molecular weight is 384 g/mol. The number of rotatable bonds is 5. The van der Waals surface area contributed by atoms with Crippen LogP contribution in [0, 0.1) is 0 Å². The van der Waals surface area contributed by atoms with Crippen molar-refractivity contribution in [3.8, 4) is 17.2 Å². The highest BCUT2D eigenvalue weighted by molar-refractivity contribution is 6.32. The molecule has 0 fully saturated rings. The molecule has 1 amide bonds. The number of nitrogens with one attached hydrogen (secondary N) is 1. The Labute approximate surface area is 153 Å². The molecule has 0 unspecified atom stereocenters. The number of ether oxygens (including phenoxy) is 3. The third-order valence-electron chi connectivity index (χ3n) is 3.67. The van der Waals surface area contributed by atoms with Crippen LogP contribution < -0.4 is 19.5 Å². The van der Waals surface area contributed by atoms with Crippen LogP contribution in [-0.4, -0.2) is 25.7 Å². The van der Waals surface area contributed by atoms with Gasteiger partial charge in [-0.1, -0.05) is 23.7 Å². The van der Waals surface area contributed by atoms with Crippen molar-refractivity contribution >= 4 is 17.5 Å². The Bertz CT molecular complexity index is 784. The van der Waals surface area contributed by atoms with Gasteiger partial charge in [0.25, 0.3) is 5.91 Å². The molecule has 0 aromatic heterocycles. The highest BCUT2D eigenvalue weighted by atomic mass is 35.5. The fourth-order valence-electron chi connectivity index (χ4n) is 2.44. The summed E-state index contributed by atoms with van der Waals surface area (Å²) in [5.74, 6) is 0.601. The SMILES string of the molecule is O=C(NCc1ccc(OC(F)F)cc1)c1cc(Cl)c2c(c1)OCCCO2. The summed E-state index contributed by atoms with van der Waals surface area (Å²) in [6.45, 7) is -1.66. The Morgan fingerprint density at radius 2 is 1.92 bits per heavy atom. The van der Waals surface area contributed by atoms with Gasteiger partial charge in [-0.05, 0) is 29.8 Å². The Hall–Kier alpha value is -2.54. The molecule has 0 bridgehead atoms. The Morgan fingerprint density at radius 1 is 1.19 bits per heavy atom. The Kier molecular flexibility index (Phi) is 5.78. The first-order valence-electron chi connectivity index (χ1n) is 7.94. The summed E-state index contributed by atoms with van der Waals surface area (Å²) in [6.07, 6.45) is 0.734. The summed E-state index contributed by atoms with van der Waals surface area (Å²) in [4.78, 5) is 12.4. The van der Waals surface area contributed by atoms with Gasteiger partial charge in [-0.2, -0.15) is 8.78 Å². The lowest BCUT2D eigenvalue weighted by Crippen LogP contribution is -2.22. The van der Waals surface area contributed by atoms with E-state index in [0.717, 1.165) is 12.0 Å². The van der Waals surface area contributed by atoms with Crippen LogP contribution in [0.25, 0.3) is 0 Å². The number of carbonyl (C=O) groups is 1. The van der Waals surface area contributed by atoms with Gasteiger partial charge in [-0.25, -0.2) is 0 Å². The molecule has 5 nitrogen and oxygen atoms in total. The zero-order valence-corrected chi connectivity index (χ0v) is 14.4. The molecule has 0 saturated carbocycles. The summed E-state index contributed by atoms with van der Waals surface area (Å²) in [7, 11) is 0. The molecule has 0 radical (unpaired) electrons. The van der Waals surface area contributed by atoms with E-state index in [0.29, 0.717) is 35.3 Å². The molecule has 0 saturated heterocycles. The molecule has 1 aliphatic rings. The highest BCUT2D eigenvalue weighted by Gasteiger charge is 2.18. The maximum absolute atomic E-state index is 12.4. The molecule has 1 N–H and O–H groups in total. The second kappa shape index (κ2) is 8.23. The molecule has 2 aromatic rings. The first-order valence-corrected chi connectivity index (χ1v) is 8.32. The minimum atomic E-state index is -2.87. The molecule has 26 heavy (non-hydrogen) atoms. The van der Waals surface area contributed by atoms with Gasteiger partial charge in [-0.15, -0.1) is 0 Å². The number of fused-ring (bicyclic) bond motifs is 1. The average Bonchev–Trinajstić information content (AvgIpc) is 2.86. The lowest BCUT2D eigenvalue weighted by atomic mass is 10.1. The van der Waals surface area contributed by atoms with Crippen LogP contribution >= 0.6 is 11.6 Å². The van der Waals surface area contributed by atoms with E-state index in [1.54, 1.807) is 18.2 Å². The first-order chi connectivity index (χ1) is 12.5. The van der Waals surface area contributed by atoms with Crippen LogP contribution in [0.1, 0.15) is 22.3 Å². The largest absolute Gasteiger partial charge is 0.489 e. The molecule has 8 heteroatoms. The van der Waals surface area contributed by atoms with Crippen LogP contribution in [0.3, 0.4) is 0 Å². The number of hydrogen-bond donors (Lipinski definition) is 1. The van der Waals surface area contributed by atoms with Crippen molar-refractivity contribution < 1.29 is 27.8 Å². The standard InChI is InChI=1S/C18H16ClF2NO4/c19-14-8-12(9-15-16(14)25-7-1-6-24-15)17(23)22-10-11-2-4-13(5-3-11)26-18(20)21/h2-5,8-9,18H,1,6-7,10H2,(H,22,23). The van der Waals surface area contributed by atoms with E-state index >= 15 is 0 Å². The second-order valence-corrected chi connectivity index (χ2v) is 5.95. The topological polar surface area (TPSA) is 56.8 Å². The molecule has 1 heterocycles. The van der Waals surface area contributed by atoms with E-state index in [9.17, 15) is 13.6 Å². The van der Waals surface area contributed by atoms with E-state index in [4.69, 9.17) is 21.1 Å². The molecule has 3 rings (SSSR count). The summed E-state index contributed by atoms with van der Waals surface area (Å²) in [5, 5.41) is 3.05. The minimum Gasteiger partial charge on any atom is -0.489 e. The van der Waals surface area contributed by atoms with Crippen LogP contribution in [0.2, 0.25) is 5.02 Å². The maximum atomic E-state index is 12.4. The van der Waals surface area contributed by atoms with E-state index in [1.807, 2.05) is 0 Å². The molecular weight excluding hydrogens is 368 g/mol. The van der Waals surface area contributed by atoms with E-state index < -0.39 is 6.61 Å². The highest BCUT2D eigenvalue weighted by Crippen LogP contribution is 2.37. The maximum Gasteiger partial charge on any atom is 0.387 e. The van der Waals surface area contributed by atoms with Crippen LogP contribution in [0.5, 0.6) is 17.2 Å². The second-order valence-electron chi connectivity index (χ2n) is 5.54. The van der Waals surface area contributed by atoms with Crippen LogP contribution in [-0.2, 0) is 6.54 Å². The molecule has 0 spiro atoms. The fraction of sp³-hybridized carbons (Fsp3) is 0.278. The lowest BCUT2D eigenvalue weighted by Gasteiger charge is -2.12. The van der Waals surface area contributed by atoms with Gasteiger partial charge in [0.1, 0.15) is 5.75 Å². The predicted molar refractivity (Wildman–Crippen MR) is 91.3 cm³/mol. The van der Waals surface area contributed by atoms with Gasteiger partial charge in [0.05, 0.1) is 18.2 Å². The van der Waals surface area contributed by atoms with E-state index in [-0.39, 0.29) is 18.2 Å². The monoisotopic (exact) mass is 383 g/mol. The number of hydrogen-bond acceptors (Lipinski definition) is 4. The number of alkyl halides is 2. The van der Waals surface area contributed by atoms with Gasteiger partial charge < -0.3 is 19.5 Å². The number of carbonyl (C=O) groups excluding carboxylic acids is 1. The van der Waals surface area contributed by atoms with Crippen LogP contribution in [0.15, 0.2) is 36.4 Å². The van der Waals surface area contributed by atoms with Crippen molar-refractivity contribution in [2.75, 3.05) is 13.2 Å². The summed E-state index contributed by atoms with van der Waals surface area (Å²) in [6, 6.07) is 9.12. The normalized spacial score (nSPS) is 13.2. The third kappa shape index (κ3) is 4.54. The summed E-state index contributed by atoms with van der Waals surface area (Å²) >= 11 is 6.18. The van der Waals surface area contributed by atoms with Crippen molar-refractivity contribution in [3.63, 3.8) is 0 Å². The smallest absolute Gasteiger partial charge is 0.387 e. The Balaban J connectivity index is 1.65. The van der Waals surface area contributed by atoms with Gasteiger partial charge in [-0.3, -0.25) is 4.79 Å². The van der Waals surface area contributed by atoms with Crippen molar-refractivity contribution in [2.24, 2.45) is 0 Å². The molecular formula is C18H16ClF2NO4. The van der Waals surface area contributed by atoms with Gasteiger partial charge in [0.2, 0.25) is 0 Å². The number of halogens is 3. The minimum absolute atomic E-state index is 0.0600. The lowest BCUT2D eigenvalue weighted by molar-refractivity contribution is -0.0498. The zero-order valence-electron chi connectivity index (χ0n) is 13.6. The number of benzene rings is 2. The van der Waals surface area contributed by atoms with Crippen molar-refractivity contribution in [1.82, 2.24) is 5.32 Å². The molecule has 0 atom stereocenters. The van der Waals surface area contributed by atoms with E-state index in [1.165, 1.54) is 18.2 Å². The molecule has 138 valence electrons. The van der Waals surface area contributed by atoms with Crippen molar-refractivity contribution in [2.45, 2.75) is 19.6 Å².